The van der Waals surface area contributed by atoms with Gasteiger partial charge in [0.05, 0.1) is 12.7 Å². The van der Waals surface area contributed by atoms with Crippen molar-refractivity contribution in [1.82, 2.24) is 5.32 Å². The van der Waals surface area contributed by atoms with Crippen molar-refractivity contribution < 1.29 is 14.6 Å². The zero-order valence-electron chi connectivity index (χ0n) is 12.2. The molecule has 2 N–H and O–H groups in total. The summed E-state index contributed by atoms with van der Waals surface area (Å²) in [6.07, 6.45) is 0. The summed E-state index contributed by atoms with van der Waals surface area (Å²) < 4.78 is 4.71. The highest BCUT2D eigenvalue weighted by molar-refractivity contribution is 5.89. The summed E-state index contributed by atoms with van der Waals surface area (Å²) in [7, 11) is 1.38. The molecule has 110 valence electrons. The van der Waals surface area contributed by atoms with E-state index in [0.717, 1.165) is 16.7 Å². The molecule has 0 heterocycles. The maximum Gasteiger partial charge on any atom is 0.337 e. The van der Waals surface area contributed by atoms with E-state index in [1.807, 2.05) is 31.2 Å². The predicted molar refractivity (Wildman–Crippen MR) is 81.2 cm³/mol. The molecule has 0 aliphatic heterocycles. The number of hydrogen-bond acceptors (Lipinski definition) is 4. The monoisotopic (exact) mass is 285 g/mol. The number of phenols is 1. The average Bonchev–Trinajstić information content (AvgIpc) is 2.49. The minimum atomic E-state index is -0.328. The lowest BCUT2D eigenvalue weighted by molar-refractivity contribution is 0.0600. The summed E-state index contributed by atoms with van der Waals surface area (Å²) in [6, 6.07) is 12.7. The highest BCUT2D eigenvalue weighted by atomic mass is 16.5. The quantitative estimate of drug-likeness (QED) is 0.829. The molecule has 2 aromatic rings. The minimum Gasteiger partial charge on any atom is -0.508 e. The molecular formula is C17H19NO3. The number of carbonyl (C=O) groups excluding carboxylic acids is 1. The molecule has 21 heavy (non-hydrogen) atoms. The molecule has 0 aliphatic rings. The van der Waals surface area contributed by atoms with E-state index in [1.165, 1.54) is 7.11 Å². The molecule has 0 spiro atoms. The zero-order valence-corrected chi connectivity index (χ0v) is 12.2. The summed E-state index contributed by atoms with van der Waals surface area (Å²) in [6.45, 7) is 3.33. The van der Waals surface area contributed by atoms with Crippen LogP contribution in [0.2, 0.25) is 0 Å². The Balaban J connectivity index is 1.95. The molecule has 0 fully saturated rings. The number of ether oxygens (including phenoxy) is 1. The fraction of sp³-hybridized carbons (Fsp3) is 0.235. The van der Waals surface area contributed by atoms with E-state index < -0.39 is 0 Å². The smallest absolute Gasteiger partial charge is 0.337 e. The largest absolute Gasteiger partial charge is 0.508 e. The second-order valence-corrected chi connectivity index (χ2v) is 4.91. The van der Waals surface area contributed by atoms with Crippen LogP contribution in [-0.4, -0.2) is 18.2 Å². The maximum absolute atomic E-state index is 11.5. The van der Waals surface area contributed by atoms with Gasteiger partial charge >= 0.3 is 5.97 Å². The van der Waals surface area contributed by atoms with Gasteiger partial charge in [-0.1, -0.05) is 18.2 Å². The lowest BCUT2D eigenvalue weighted by Gasteiger charge is -2.09. The number of carbonyl (C=O) groups is 1. The van der Waals surface area contributed by atoms with E-state index >= 15 is 0 Å². The van der Waals surface area contributed by atoms with Gasteiger partial charge in [0.1, 0.15) is 5.75 Å². The van der Waals surface area contributed by atoms with Gasteiger partial charge < -0.3 is 15.2 Å². The molecule has 0 amide bonds. The van der Waals surface area contributed by atoms with Crippen molar-refractivity contribution in [2.45, 2.75) is 20.0 Å². The summed E-state index contributed by atoms with van der Waals surface area (Å²) in [5.74, 6) is -0.0479. The van der Waals surface area contributed by atoms with Crippen LogP contribution in [0.3, 0.4) is 0 Å². The number of nitrogens with one attached hydrogen (secondary N) is 1. The third-order valence-corrected chi connectivity index (χ3v) is 3.32. The van der Waals surface area contributed by atoms with Gasteiger partial charge in [-0.05, 0) is 47.9 Å². The number of hydrogen-bond donors (Lipinski definition) is 2. The zero-order chi connectivity index (χ0) is 15.2. The van der Waals surface area contributed by atoms with E-state index in [1.54, 1.807) is 18.2 Å². The molecule has 0 saturated heterocycles. The molecule has 0 bridgehead atoms. The van der Waals surface area contributed by atoms with Crippen LogP contribution in [0.5, 0.6) is 5.75 Å². The van der Waals surface area contributed by atoms with Crippen LogP contribution in [0, 0.1) is 6.92 Å². The molecule has 4 heteroatoms. The van der Waals surface area contributed by atoms with Crippen molar-refractivity contribution in [3.8, 4) is 5.75 Å². The van der Waals surface area contributed by atoms with Crippen molar-refractivity contribution in [3.05, 3.63) is 64.7 Å². The van der Waals surface area contributed by atoms with Crippen LogP contribution in [0.4, 0.5) is 0 Å². The summed E-state index contributed by atoms with van der Waals surface area (Å²) >= 11 is 0. The molecule has 0 radical (unpaired) electrons. The first-order valence-corrected chi connectivity index (χ1v) is 6.76. The second kappa shape index (κ2) is 6.90. The van der Waals surface area contributed by atoms with Gasteiger partial charge in [-0.2, -0.15) is 0 Å². The van der Waals surface area contributed by atoms with Gasteiger partial charge in [0.25, 0.3) is 0 Å². The van der Waals surface area contributed by atoms with Crippen LogP contribution in [-0.2, 0) is 17.8 Å². The Morgan fingerprint density at radius 2 is 2.00 bits per heavy atom. The summed E-state index contributed by atoms with van der Waals surface area (Å²) in [4.78, 5) is 11.5. The summed E-state index contributed by atoms with van der Waals surface area (Å²) in [5.41, 5.74) is 3.76. The Hall–Kier alpha value is -2.33. The standard InChI is InChI=1S/C17H19NO3/c1-12-8-16(19)7-6-15(12)11-18-10-13-4-3-5-14(9-13)17(20)21-2/h3-9,18-19H,10-11H2,1-2H3. The molecule has 2 aromatic carbocycles. The highest BCUT2D eigenvalue weighted by Crippen LogP contribution is 2.15. The van der Waals surface area contributed by atoms with Gasteiger partial charge in [0.2, 0.25) is 0 Å². The van der Waals surface area contributed by atoms with Gasteiger partial charge in [0, 0.05) is 13.1 Å². The van der Waals surface area contributed by atoms with Crippen molar-refractivity contribution in [2.24, 2.45) is 0 Å². The highest BCUT2D eigenvalue weighted by Gasteiger charge is 2.05. The first-order chi connectivity index (χ1) is 10.1. The van der Waals surface area contributed by atoms with Crippen molar-refractivity contribution in [2.75, 3.05) is 7.11 Å². The summed E-state index contributed by atoms with van der Waals surface area (Å²) in [5, 5.41) is 12.7. The lowest BCUT2D eigenvalue weighted by atomic mass is 10.1. The number of methoxy groups -OCH3 is 1. The maximum atomic E-state index is 11.5. The number of aromatic hydroxyl groups is 1. The molecule has 0 aliphatic carbocycles. The third kappa shape index (κ3) is 4.07. The van der Waals surface area contributed by atoms with Crippen molar-refractivity contribution >= 4 is 5.97 Å². The Morgan fingerprint density at radius 1 is 1.19 bits per heavy atom. The van der Waals surface area contributed by atoms with Crippen molar-refractivity contribution in [1.29, 1.82) is 0 Å². The first-order valence-electron chi connectivity index (χ1n) is 6.76. The number of rotatable bonds is 5. The fourth-order valence-corrected chi connectivity index (χ4v) is 2.15. The molecule has 0 atom stereocenters. The van der Waals surface area contributed by atoms with Gasteiger partial charge in [-0.15, -0.1) is 0 Å². The Bertz CT molecular complexity index is 638. The van der Waals surface area contributed by atoms with Crippen LogP contribution in [0.1, 0.15) is 27.0 Å². The Kier molecular flexibility index (Phi) is 4.95. The third-order valence-electron chi connectivity index (χ3n) is 3.32. The fourth-order valence-electron chi connectivity index (χ4n) is 2.15. The number of esters is 1. The van der Waals surface area contributed by atoms with Crippen molar-refractivity contribution in [3.63, 3.8) is 0 Å². The Labute approximate surface area is 124 Å². The molecular weight excluding hydrogens is 266 g/mol. The molecule has 4 nitrogen and oxygen atoms in total. The van der Waals surface area contributed by atoms with Crippen LogP contribution in [0.25, 0.3) is 0 Å². The number of phenolic OH excluding ortho intramolecular Hbond substituents is 1. The first kappa shape index (κ1) is 15.1. The van der Waals surface area contributed by atoms with E-state index in [-0.39, 0.29) is 11.7 Å². The average molecular weight is 285 g/mol. The van der Waals surface area contributed by atoms with E-state index in [0.29, 0.717) is 18.7 Å². The van der Waals surface area contributed by atoms with E-state index in [4.69, 9.17) is 4.74 Å². The van der Waals surface area contributed by atoms with E-state index in [2.05, 4.69) is 5.32 Å². The van der Waals surface area contributed by atoms with Crippen LogP contribution < -0.4 is 5.32 Å². The van der Waals surface area contributed by atoms with Gasteiger partial charge in [-0.25, -0.2) is 4.79 Å². The van der Waals surface area contributed by atoms with Crippen LogP contribution in [0.15, 0.2) is 42.5 Å². The molecule has 0 aromatic heterocycles. The minimum absolute atomic E-state index is 0.280. The topological polar surface area (TPSA) is 58.6 Å². The number of aryl methyl sites for hydroxylation is 1. The molecule has 0 unspecified atom stereocenters. The normalized spacial score (nSPS) is 10.4. The van der Waals surface area contributed by atoms with Gasteiger partial charge in [0.15, 0.2) is 0 Å². The van der Waals surface area contributed by atoms with Gasteiger partial charge in [-0.3, -0.25) is 0 Å². The molecule has 2 rings (SSSR count). The van der Waals surface area contributed by atoms with E-state index in [9.17, 15) is 9.90 Å². The Morgan fingerprint density at radius 3 is 2.71 bits per heavy atom. The second-order valence-electron chi connectivity index (χ2n) is 4.91. The predicted octanol–water partition coefficient (Wildman–Crippen LogP) is 2.78. The SMILES string of the molecule is COC(=O)c1cccc(CNCc2ccc(O)cc2C)c1. The number of benzene rings is 2. The molecule has 0 saturated carbocycles. The van der Waals surface area contributed by atoms with Crippen LogP contribution >= 0.6 is 0 Å². The lowest BCUT2D eigenvalue weighted by Crippen LogP contribution is -2.14.